The van der Waals surface area contributed by atoms with Crippen LogP contribution in [0.5, 0.6) is 0 Å². The summed E-state index contributed by atoms with van der Waals surface area (Å²) in [5, 5.41) is 1.96. The van der Waals surface area contributed by atoms with Gasteiger partial charge in [0.2, 0.25) is 0 Å². The number of fused-ring (bicyclic) bond motifs is 1. The van der Waals surface area contributed by atoms with Crippen molar-refractivity contribution in [2.75, 3.05) is 5.32 Å². The van der Waals surface area contributed by atoms with Gasteiger partial charge < -0.3 is 5.32 Å². The molecule has 0 aliphatic heterocycles. The molecule has 0 unspecified atom stereocenters. The van der Waals surface area contributed by atoms with Crippen LogP contribution in [0.25, 0.3) is 10.9 Å². The molecule has 1 amide bonds. The molecule has 3 nitrogen and oxygen atoms in total. The van der Waals surface area contributed by atoms with E-state index in [9.17, 15) is 26.7 Å². The molecule has 1 aromatic carbocycles. The van der Waals surface area contributed by atoms with Crippen molar-refractivity contribution in [1.29, 1.82) is 0 Å². The summed E-state index contributed by atoms with van der Waals surface area (Å²) in [5.41, 5.74) is -0.278. The molecule has 21 heavy (non-hydrogen) atoms. The Labute approximate surface area is 119 Å². The highest BCUT2D eigenvalue weighted by atomic mass is 35.5. The Balaban J connectivity index is 2.43. The van der Waals surface area contributed by atoms with Crippen molar-refractivity contribution in [2.45, 2.75) is 12.1 Å². The number of aromatic nitrogens is 1. The zero-order valence-electron chi connectivity index (χ0n) is 10.0. The maximum absolute atomic E-state index is 12.9. The number of pyridine rings is 1. The van der Waals surface area contributed by atoms with Gasteiger partial charge in [-0.25, -0.2) is 0 Å². The third-order valence-electron chi connectivity index (χ3n) is 2.56. The Morgan fingerprint density at radius 3 is 2.48 bits per heavy atom. The molecule has 0 saturated heterocycles. The van der Waals surface area contributed by atoms with Crippen LogP contribution in [0.2, 0.25) is 5.02 Å². The summed E-state index contributed by atoms with van der Waals surface area (Å²) < 4.78 is 62.2. The van der Waals surface area contributed by atoms with E-state index >= 15 is 0 Å². The minimum Gasteiger partial charge on any atom is -0.319 e. The van der Waals surface area contributed by atoms with Crippen molar-refractivity contribution < 1.29 is 26.7 Å². The summed E-state index contributed by atoms with van der Waals surface area (Å²) >= 11 is 5.72. The van der Waals surface area contributed by atoms with Crippen LogP contribution in [-0.2, 0) is 4.79 Å². The van der Waals surface area contributed by atoms with Crippen molar-refractivity contribution in [2.24, 2.45) is 0 Å². The first-order valence-corrected chi connectivity index (χ1v) is 5.81. The summed E-state index contributed by atoms with van der Waals surface area (Å²) in [4.78, 5) is 15.0. The molecular formula is C12H6ClF5N2O. The molecular weight excluding hydrogens is 319 g/mol. The molecule has 0 aliphatic carbocycles. The topological polar surface area (TPSA) is 42.0 Å². The lowest BCUT2D eigenvalue weighted by molar-refractivity contribution is -0.267. The van der Waals surface area contributed by atoms with Gasteiger partial charge in [-0.1, -0.05) is 17.7 Å². The van der Waals surface area contributed by atoms with E-state index in [1.165, 1.54) is 29.7 Å². The van der Waals surface area contributed by atoms with E-state index in [0.29, 0.717) is 5.39 Å². The quantitative estimate of drug-likeness (QED) is 0.848. The molecule has 2 aromatic rings. The maximum atomic E-state index is 12.9. The first kappa shape index (κ1) is 15.4. The number of rotatable bonds is 2. The van der Waals surface area contributed by atoms with Gasteiger partial charge in [0, 0.05) is 16.6 Å². The number of benzene rings is 1. The number of carbonyl (C=O) groups is 1. The van der Waals surface area contributed by atoms with Gasteiger partial charge in [0.25, 0.3) is 0 Å². The fourth-order valence-corrected chi connectivity index (χ4v) is 1.81. The SMILES string of the molecule is O=C(Nc1cc(Cl)cc2cccnc12)C(F)(F)C(F)(F)F. The molecule has 1 N–H and O–H groups in total. The van der Waals surface area contributed by atoms with Crippen molar-refractivity contribution in [3.8, 4) is 0 Å². The molecule has 0 bridgehead atoms. The molecule has 112 valence electrons. The number of nitrogens with one attached hydrogen (secondary N) is 1. The highest BCUT2D eigenvalue weighted by Gasteiger charge is 2.63. The summed E-state index contributed by atoms with van der Waals surface area (Å²) in [5.74, 6) is -8.01. The number of halogens is 6. The van der Waals surface area contributed by atoms with Crippen LogP contribution < -0.4 is 5.32 Å². The van der Waals surface area contributed by atoms with E-state index in [4.69, 9.17) is 11.6 Å². The molecule has 9 heteroatoms. The Kier molecular flexibility index (Phi) is 3.75. The minimum atomic E-state index is -5.99. The number of hydrogen-bond acceptors (Lipinski definition) is 2. The van der Waals surface area contributed by atoms with Crippen LogP contribution in [0.4, 0.5) is 27.6 Å². The Morgan fingerprint density at radius 1 is 1.19 bits per heavy atom. The van der Waals surface area contributed by atoms with Gasteiger partial charge in [-0.05, 0) is 18.2 Å². The lowest BCUT2D eigenvalue weighted by Crippen LogP contribution is -2.47. The number of nitrogens with zero attached hydrogens (tertiary/aromatic N) is 1. The van der Waals surface area contributed by atoms with Crippen molar-refractivity contribution >= 4 is 34.1 Å². The molecule has 0 atom stereocenters. The van der Waals surface area contributed by atoms with Crippen molar-refractivity contribution in [1.82, 2.24) is 4.98 Å². The predicted molar refractivity (Wildman–Crippen MR) is 66.4 cm³/mol. The summed E-state index contributed by atoms with van der Waals surface area (Å²) in [7, 11) is 0. The normalized spacial score (nSPS) is 12.5. The fourth-order valence-electron chi connectivity index (χ4n) is 1.58. The van der Waals surface area contributed by atoms with E-state index < -0.39 is 18.0 Å². The maximum Gasteiger partial charge on any atom is 0.463 e. The largest absolute Gasteiger partial charge is 0.463 e. The van der Waals surface area contributed by atoms with E-state index in [-0.39, 0.29) is 16.2 Å². The Morgan fingerprint density at radius 2 is 1.86 bits per heavy atom. The van der Waals surface area contributed by atoms with Gasteiger partial charge in [0.1, 0.15) is 0 Å². The third-order valence-corrected chi connectivity index (χ3v) is 2.78. The van der Waals surface area contributed by atoms with Crippen LogP contribution in [0, 0.1) is 0 Å². The molecule has 0 saturated carbocycles. The van der Waals surface area contributed by atoms with Crippen LogP contribution in [0.15, 0.2) is 30.5 Å². The smallest absolute Gasteiger partial charge is 0.319 e. The molecule has 0 fully saturated rings. The van der Waals surface area contributed by atoms with Gasteiger partial charge >= 0.3 is 18.0 Å². The number of amides is 1. The zero-order valence-corrected chi connectivity index (χ0v) is 10.8. The molecule has 0 spiro atoms. The summed E-state index contributed by atoms with van der Waals surface area (Å²) in [6.45, 7) is 0. The molecule has 2 rings (SSSR count). The standard InChI is InChI=1S/C12H6ClF5N2O/c13-7-4-6-2-1-3-19-9(6)8(5-7)20-10(21)11(14,15)12(16,17)18/h1-5H,(H,20,21). The second-order valence-electron chi connectivity index (χ2n) is 4.05. The lowest BCUT2D eigenvalue weighted by atomic mass is 10.2. The van der Waals surface area contributed by atoms with Crippen LogP contribution >= 0.6 is 11.6 Å². The number of carbonyl (C=O) groups excluding carboxylic acids is 1. The van der Waals surface area contributed by atoms with Crippen LogP contribution in [0.3, 0.4) is 0 Å². The van der Waals surface area contributed by atoms with E-state index in [1.54, 1.807) is 0 Å². The average molecular weight is 325 g/mol. The summed E-state index contributed by atoms with van der Waals surface area (Å²) in [6.07, 6.45) is -4.69. The van der Waals surface area contributed by atoms with Crippen molar-refractivity contribution in [3.63, 3.8) is 0 Å². The van der Waals surface area contributed by atoms with Gasteiger partial charge in [-0.3, -0.25) is 9.78 Å². The van der Waals surface area contributed by atoms with Crippen LogP contribution in [-0.4, -0.2) is 23.0 Å². The van der Waals surface area contributed by atoms with E-state index in [2.05, 4.69) is 4.98 Å². The van der Waals surface area contributed by atoms with E-state index in [1.807, 2.05) is 0 Å². The highest BCUT2D eigenvalue weighted by molar-refractivity contribution is 6.32. The Hall–Kier alpha value is -1.96. The first-order chi connectivity index (χ1) is 9.63. The molecule has 0 aliphatic rings. The number of alkyl halides is 5. The molecule has 1 aromatic heterocycles. The summed E-state index contributed by atoms with van der Waals surface area (Å²) in [6, 6.07) is 5.52. The van der Waals surface area contributed by atoms with Crippen LogP contribution in [0.1, 0.15) is 0 Å². The second-order valence-corrected chi connectivity index (χ2v) is 4.49. The fraction of sp³-hybridized carbons (Fsp3) is 0.167. The van der Waals surface area contributed by atoms with Crippen molar-refractivity contribution in [3.05, 3.63) is 35.5 Å². The predicted octanol–water partition coefficient (Wildman–Crippen LogP) is 4.02. The highest BCUT2D eigenvalue weighted by Crippen LogP contribution is 2.37. The third kappa shape index (κ3) is 2.90. The first-order valence-electron chi connectivity index (χ1n) is 5.43. The average Bonchev–Trinajstić information content (AvgIpc) is 2.37. The lowest BCUT2D eigenvalue weighted by Gasteiger charge is -2.19. The van der Waals surface area contributed by atoms with Gasteiger partial charge in [0.15, 0.2) is 0 Å². The number of anilines is 1. The second kappa shape index (κ2) is 5.10. The van der Waals surface area contributed by atoms with E-state index in [0.717, 1.165) is 6.07 Å². The van der Waals surface area contributed by atoms with Gasteiger partial charge in [0.05, 0.1) is 11.2 Å². The van der Waals surface area contributed by atoms with Gasteiger partial charge in [-0.15, -0.1) is 0 Å². The zero-order chi connectivity index (χ0) is 15.8. The minimum absolute atomic E-state index is 0.0493. The molecule has 1 heterocycles. The number of hydrogen-bond donors (Lipinski definition) is 1. The Bertz CT molecular complexity index is 702. The monoisotopic (exact) mass is 324 g/mol. The molecule has 0 radical (unpaired) electrons. The van der Waals surface area contributed by atoms with Gasteiger partial charge in [-0.2, -0.15) is 22.0 Å².